The third-order valence-electron chi connectivity index (χ3n) is 1.84. The molecule has 0 N–H and O–H groups in total. The summed E-state index contributed by atoms with van der Waals surface area (Å²) >= 11 is 3.31. The van der Waals surface area contributed by atoms with Crippen molar-refractivity contribution in [2.75, 3.05) is 0 Å². The Morgan fingerprint density at radius 2 is 2.24 bits per heavy atom. The van der Waals surface area contributed by atoms with Gasteiger partial charge in [-0.1, -0.05) is 27.4 Å². The Balaban J connectivity index is 0.00000121. The molecule has 0 aliphatic carbocycles. The zero-order valence-electron chi connectivity index (χ0n) is 10.7. The van der Waals surface area contributed by atoms with Gasteiger partial charge in [-0.3, -0.25) is 0 Å². The van der Waals surface area contributed by atoms with Gasteiger partial charge < -0.3 is 4.57 Å². The molecule has 0 aromatic carbocycles. The Hall–Kier alpha value is -1.41. The summed E-state index contributed by atoms with van der Waals surface area (Å²) in [6.45, 7) is 9.52. The number of nitriles is 1. The largest absolute Gasteiger partial charge is 0.332 e. The van der Waals surface area contributed by atoms with Crippen molar-refractivity contribution in [1.29, 1.82) is 5.26 Å². The molecule has 1 aromatic heterocycles. The number of aryl methyl sites for hydroxylation is 2. The summed E-state index contributed by atoms with van der Waals surface area (Å²) < 4.78 is 2.57. The molecule has 0 saturated heterocycles. The summed E-state index contributed by atoms with van der Waals surface area (Å²) in [6.07, 6.45) is 2.55. The highest BCUT2D eigenvalue weighted by Gasteiger charge is 2.01. The van der Waals surface area contributed by atoms with Crippen LogP contribution in [-0.2, 0) is 13.5 Å². The average molecular weight is 297 g/mol. The Morgan fingerprint density at radius 1 is 1.65 bits per heavy atom. The Bertz CT molecular complexity index is 494. The molecule has 0 spiro atoms. The monoisotopic (exact) mass is 296 g/mol. The molecule has 92 valence electrons. The van der Waals surface area contributed by atoms with Gasteiger partial charge in [-0.2, -0.15) is 5.26 Å². The van der Waals surface area contributed by atoms with Crippen LogP contribution in [0, 0.1) is 11.3 Å². The van der Waals surface area contributed by atoms with Crippen LogP contribution < -0.4 is 5.49 Å². The fraction of sp³-hybridized carbons (Fsp3) is 0.417. The van der Waals surface area contributed by atoms with Crippen molar-refractivity contribution in [2.45, 2.75) is 27.2 Å². The van der Waals surface area contributed by atoms with Crippen molar-refractivity contribution in [3.8, 4) is 6.07 Å². The molecular formula is C12H17BrN4. The molecule has 1 aromatic rings. The zero-order valence-corrected chi connectivity index (χ0v) is 12.2. The van der Waals surface area contributed by atoms with E-state index in [1.54, 1.807) is 6.20 Å². The van der Waals surface area contributed by atoms with Crippen LogP contribution in [-0.4, -0.2) is 9.55 Å². The summed E-state index contributed by atoms with van der Waals surface area (Å²) in [5.74, 6) is 0. The lowest BCUT2D eigenvalue weighted by atomic mass is 10.3. The first-order valence-corrected chi connectivity index (χ1v) is 6.23. The molecule has 0 aliphatic heterocycles. The number of halogens is 1. The lowest BCUT2D eigenvalue weighted by molar-refractivity contribution is 0.767. The summed E-state index contributed by atoms with van der Waals surface area (Å²) in [7, 11) is 1.86. The van der Waals surface area contributed by atoms with Crippen molar-refractivity contribution in [3.63, 3.8) is 0 Å². The van der Waals surface area contributed by atoms with Crippen molar-refractivity contribution in [3.05, 3.63) is 34.3 Å². The second-order valence-electron chi connectivity index (χ2n) is 2.97. The number of allylic oxidation sites excluding steroid dienone is 1. The normalized spacial score (nSPS) is 10.2. The lowest BCUT2D eigenvalue weighted by Gasteiger charge is -2.04. The van der Waals surface area contributed by atoms with Crippen molar-refractivity contribution in [1.82, 2.24) is 9.55 Å². The molecule has 17 heavy (non-hydrogen) atoms. The highest BCUT2D eigenvalue weighted by Crippen LogP contribution is 2.03. The van der Waals surface area contributed by atoms with E-state index < -0.39 is 0 Å². The fourth-order valence-corrected chi connectivity index (χ4v) is 1.69. The number of nitrogens with zero attached hydrogens (tertiary/aromatic N) is 4. The van der Waals surface area contributed by atoms with Crippen LogP contribution in [0.2, 0.25) is 0 Å². The fourth-order valence-electron chi connectivity index (χ4n) is 1.17. The van der Waals surface area contributed by atoms with Gasteiger partial charge in [-0.25, -0.2) is 9.98 Å². The van der Waals surface area contributed by atoms with E-state index in [0.717, 1.165) is 16.7 Å². The van der Waals surface area contributed by atoms with Gasteiger partial charge in [0.15, 0.2) is 5.49 Å². The summed E-state index contributed by atoms with van der Waals surface area (Å²) in [5, 5.41) is 8.62. The molecule has 5 heteroatoms. The predicted molar refractivity (Wildman–Crippen MR) is 72.0 cm³/mol. The molecular weight excluding hydrogens is 280 g/mol. The third kappa shape index (κ3) is 4.53. The van der Waals surface area contributed by atoms with Gasteiger partial charge in [-0.05, 0) is 22.4 Å². The summed E-state index contributed by atoms with van der Waals surface area (Å²) in [6, 6.07) is 1.89. The van der Waals surface area contributed by atoms with Gasteiger partial charge in [0.1, 0.15) is 16.4 Å². The first-order chi connectivity index (χ1) is 8.08. The van der Waals surface area contributed by atoms with E-state index in [1.165, 1.54) is 0 Å². The van der Waals surface area contributed by atoms with Crippen LogP contribution in [0.3, 0.4) is 0 Å². The topological polar surface area (TPSA) is 54.0 Å². The SMILES string of the molecule is C=C(C#N)N=c1c(CC)nc(Br)cn1C.CC. The van der Waals surface area contributed by atoms with Gasteiger partial charge >= 0.3 is 0 Å². The maximum absolute atomic E-state index is 8.62. The molecule has 0 bridgehead atoms. The maximum Gasteiger partial charge on any atom is 0.155 e. The average Bonchev–Trinajstić information content (AvgIpc) is 2.34. The van der Waals surface area contributed by atoms with E-state index in [2.05, 4.69) is 32.5 Å². The quantitative estimate of drug-likeness (QED) is 0.788. The van der Waals surface area contributed by atoms with Gasteiger partial charge in [0.2, 0.25) is 0 Å². The number of hydrogen-bond donors (Lipinski definition) is 0. The van der Waals surface area contributed by atoms with E-state index in [9.17, 15) is 0 Å². The zero-order chi connectivity index (χ0) is 13.4. The van der Waals surface area contributed by atoms with Gasteiger partial charge in [0, 0.05) is 13.2 Å². The number of aromatic nitrogens is 2. The predicted octanol–water partition coefficient (Wildman–Crippen LogP) is 2.71. The Labute approximate surface area is 110 Å². The molecule has 0 fully saturated rings. The van der Waals surface area contributed by atoms with Gasteiger partial charge in [0.25, 0.3) is 0 Å². The van der Waals surface area contributed by atoms with Crippen LogP contribution in [0.1, 0.15) is 26.5 Å². The summed E-state index contributed by atoms with van der Waals surface area (Å²) in [4.78, 5) is 8.40. The van der Waals surface area contributed by atoms with Crippen LogP contribution >= 0.6 is 15.9 Å². The first-order valence-electron chi connectivity index (χ1n) is 5.44. The Morgan fingerprint density at radius 3 is 2.71 bits per heavy atom. The number of rotatable bonds is 2. The van der Waals surface area contributed by atoms with Gasteiger partial charge in [0.05, 0.1) is 5.69 Å². The molecule has 1 heterocycles. The van der Waals surface area contributed by atoms with Crippen LogP contribution in [0.5, 0.6) is 0 Å². The second-order valence-corrected chi connectivity index (χ2v) is 3.78. The molecule has 0 amide bonds. The summed E-state index contributed by atoms with van der Waals surface area (Å²) in [5.41, 5.74) is 1.69. The van der Waals surface area contributed by atoms with Crippen LogP contribution in [0.25, 0.3) is 0 Å². The van der Waals surface area contributed by atoms with E-state index in [4.69, 9.17) is 5.26 Å². The molecule has 0 radical (unpaired) electrons. The highest BCUT2D eigenvalue weighted by molar-refractivity contribution is 9.10. The molecule has 1 rings (SSSR count). The molecule has 0 atom stereocenters. The van der Waals surface area contributed by atoms with Crippen molar-refractivity contribution in [2.24, 2.45) is 12.0 Å². The molecule has 0 saturated carbocycles. The Kier molecular flexibility index (Phi) is 7.15. The second kappa shape index (κ2) is 7.80. The van der Waals surface area contributed by atoms with E-state index in [1.807, 2.05) is 38.5 Å². The van der Waals surface area contributed by atoms with Gasteiger partial charge in [-0.15, -0.1) is 0 Å². The minimum atomic E-state index is 0.185. The highest BCUT2D eigenvalue weighted by atomic mass is 79.9. The lowest BCUT2D eigenvalue weighted by Crippen LogP contribution is -2.24. The molecule has 0 unspecified atom stereocenters. The van der Waals surface area contributed by atoms with Crippen molar-refractivity contribution < 1.29 is 0 Å². The smallest absolute Gasteiger partial charge is 0.155 e. The van der Waals surface area contributed by atoms with Crippen molar-refractivity contribution >= 4 is 15.9 Å². The molecule has 4 nitrogen and oxygen atoms in total. The van der Waals surface area contributed by atoms with E-state index in [-0.39, 0.29) is 5.70 Å². The standard InChI is InChI=1S/C10H11BrN4.C2H6/c1-4-8-10(13-7(2)5-12)15(3)6-9(11)14-8;1-2/h6H,2,4H2,1,3H3;1-2H3. The number of hydrogen-bond acceptors (Lipinski definition) is 3. The van der Waals surface area contributed by atoms with Crippen LogP contribution in [0.15, 0.2) is 28.1 Å². The minimum Gasteiger partial charge on any atom is -0.332 e. The minimum absolute atomic E-state index is 0.185. The van der Waals surface area contributed by atoms with E-state index in [0.29, 0.717) is 5.49 Å². The van der Waals surface area contributed by atoms with E-state index >= 15 is 0 Å². The maximum atomic E-state index is 8.62. The molecule has 0 aliphatic rings. The van der Waals surface area contributed by atoms with Crippen LogP contribution in [0.4, 0.5) is 0 Å². The first kappa shape index (κ1) is 15.6. The third-order valence-corrected chi connectivity index (χ3v) is 2.22.